The van der Waals surface area contributed by atoms with Crippen molar-refractivity contribution in [3.8, 4) is 22.6 Å². The molecule has 1 aliphatic heterocycles. The molecule has 4 nitrogen and oxygen atoms in total. The summed E-state index contributed by atoms with van der Waals surface area (Å²) in [6.07, 6.45) is 7.35. The number of rotatable bonds is 6. The van der Waals surface area contributed by atoms with Crippen molar-refractivity contribution in [1.82, 2.24) is 4.98 Å². The fourth-order valence-corrected chi connectivity index (χ4v) is 3.62. The first-order chi connectivity index (χ1) is 12.1. The van der Waals surface area contributed by atoms with E-state index in [9.17, 15) is 0 Å². The van der Waals surface area contributed by atoms with Gasteiger partial charge in [-0.2, -0.15) is 0 Å². The van der Waals surface area contributed by atoms with E-state index in [1.54, 1.807) is 0 Å². The van der Waals surface area contributed by atoms with Crippen LogP contribution in [0.1, 0.15) is 44.8 Å². The Balaban J connectivity index is 1.56. The number of aromatic nitrogens is 1. The highest BCUT2D eigenvalue weighted by atomic mass is 16.5. The molecule has 0 bridgehead atoms. The lowest BCUT2D eigenvalue weighted by atomic mass is 9.92. The van der Waals surface area contributed by atoms with Gasteiger partial charge in [0.05, 0.1) is 0 Å². The fraction of sp³-hybridized carbons (Fsp3) is 0.476. The van der Waals surface area contributed by atoms with Crippen LogP contribution in [0.15, 0.2) is 36.7 Å². The van der Waals surface area contributed by atoms with Gasteiger partial charge in [0.2, 0.25) is 0 Å². The molecule has 25 heavy (non-hydrogen) atoms. The fourth-order valence-electron chi connectivity index (χ4n) is 3.62. The number of fused-ring (bicyclic) bond motifs is 3. The number of hydrogen-bond acceptors (Lipinski definition) is 4. The molecule has 2 atom stereocenters. The average molecular weight is 338 g/mol. The molecule has 1 unspecified atom stereocenters. The summed E-state index contributed by atoms with van der Waals surface area (Å²) in [6.45, 7) is 4.89. The van der Waals surface area contributed by atoms with Crippen LogP contribution in [0.2, 0.25) is 0 Å². The topological polar surface area (TPSA) is 57.4 Å². The Morgan fingerprint density at radius 1 is 1.24 bits per heavy atom. The van der Waals surface area contributed by atoms with Crippen LogP contribution < -0.4 is 15.2 Å². The van der Waals surface area contributed by atoms with Crippen LogP contribution in [0, 0.1) is 11.8 Å². The number of pyridine rings is 1. The number of nitrogens with two attached hydrogens (primary N) is 1. The van der Waals surface area contributed by atoms with Crippen LogP contribution >= 0.6 is 0 Å². The first-order valence-electron chi connectivity index (χ1n) is 9.25. The van der Waals surface area contributed by atoms with Crippen molar-refractivity contribution in [2.75, 3.05) is 6.61 Å². The maximum Gasteiger partial charge on any atom is 0.131 e. The Morgan fingerprint density at radius 2 is 2.08 bits per heavy atom. The highest BCUT2D eigenvalue weighted by Gasteiger charge is 2.38. The third-order valence-electron chi connectivity index (χ3n) is 4.94. The highest BCUT2D eigenvalue weighted by molar-refractivity contribution is 5.76. The van der Waals surface area contributed by atoms with Gasteiger partial charge in [0.1, 0.15) is 24.2 Å². The molecule has 4 rings (SSSR count). The SMILES string of the molecule is CC(C)C[C@@H](N)COc1ccc2c(c1)OC(C1CC1)c1cnccc1-2. The van der Waals surface area contributed by atoms with Crippen molar-refractivity contribution in [3.63, 3.8) is 0 Å². The van der Waals surface area contributed by atoms with Crippen LogP contribution in [-0.2, 0) is 0 Å². The molecule has 2 heterocycles. The minimum Gasteiger partial charge on any atom is -0.492 e. The number of nitrogens with zero attached hydrogens (tertiary/aromatic N) is 1. The molecular weight excluding hydrogens is 312 g/mol. The smallest absolute Gasteiger partial charge is 0.131 e. The third-order valence-corrected chi connectivity index (χ3v) is 4.94. The van der Waals surface area contributed by atoms with Crippen LogP contribution in [0.25, 0.3) is 11.1 Å². The van der Waals surface area contributed by atoms with Gasteiger partial charge in [-0.05, 0) is 48.9 Å². The lowest BCUT2D eigenvalue weighted by Gasteiger charge is -2.29. The van der Waals surface area contributed by atoms with E-state index in [2.05, 4.69) is 31.0 Å². The van der Waals surface area contributed by atoms with Crippen molar-refractivity contribution in [1.29, 1.82) is 0 Å². The van der Waals surface area contributed by atoms with E-state index >= 15 is 0 Å². The van der Waals surface area contributed by atoms with E-state index in [1.165, 1.54) is 24.0 Å². The van der Waals surface area contributed by atoms with Crippen LogP contribution in [0.3, 0.4) is 0 Å². The zero-order chi connectivity index (χ0) is 17.4. The molecule has 2 aliphatic rings. The van der Waals surface area contributed by atoms with Gasteiger partial charge in [0, 0.05) is 41.5 Å². The lowest BCUT2D eigenvalue weighted by molar-refractivity contribution is 0.176. The van der Waals surface area contributed by atoms with Crippen molar-refractivity contribution in [3.05, 3.63) is 42.2 Å². The summed E-state index contributed by atoms with van der Waals surface area (Å²) < 4.78 is 12.3. The molecule has 4 heteroatoms. The highest BCUT2D eigenvalue weighted by Crippen LogP contribution is 2.51. The van der Waals surface area contributed by atoms with E-state index in [4.69, 9.17) is 15.2 Å². The molecule has 0 radical (unpaired) electrons. The first-order valence-corrected chi connectivity index (χ1v) is 9.25. The molecular formula is C21H26N2O2. The normalized spacial score (nSPS) is 19.8. The van der Waals surface area contributed by atoms with E-state index in [0.717, 1.165) is 23.5 Å². The van der Waals surface area contributed by atoms with Gasteiger partial charge >= 0.3 is 0 Å². The van der Waals surface area contributed by atoms with Crippen molar-refractivity contribution >= 4 is 0 Å². The van der Waals surface area contributed by atoms with Gasteiger partial charge < -0.3 is 15.2 Å². The summed E-state index contributed by atoms with van der Waals surface area (Å²) in [5.41, 5.74) is 9.69. The maximum absolute atomic E-state index is 6.34. The monoisotopic (exact) mass is 338 g/mol. The number of benzene rings is 1. The molecule has 1 aliphatic carbocycles. The predicted molar refractivity (Wildman–Crippen MR) is 98.7 cm³/mol. The Bertz CT molecular complexity index is 755. The zero-order valence-electron chi connectivity index (χ0n) is 14.9. The van der Waals surface area contributed by atoms with Gasteiger partial charge in [-0.1, -0.05) is 13.8 Å². The summed E-state index contributed by atoms with van der Waals surface area (Å²) in [4.78, 5) is 4.30. The molecule has 0 amide bonds. The van der Waals surface area contributed by atoms with Gasteiger partial charge in [-0.25, -0.2) is 0 Å². The molecule has 0 saturated heterocycles. The largest absolute Gasteiger partial charge is 0.492 e. The second kappa shape index (κ2) is 6.68. The average Bonchev–Trinajstić information content (AvgIpc) is 3.43. The standard InChI is InChI=1S/C21H26N2O2/c1-13(2)9-15(22)12-24-16-5-6-18-17-7-8-23-11-19(17)21(14-3-4-14)25-20(18)10-16/h5-8,10-11,13-15,21H,3-4,9,12,22H2,1-2H3/t15-,21?/m1/s1. The summed E-state index contributed by atoms with van der Waals surface area (Å²) in [5.74, 6) is 2.92. The molecule has 1 aromatic heterocycles. The van der Waals surface area contributed by atoms with Crippen molar-refractivity contribution < 1.29 is 9.47 Å². The van der Waals surface area contributed by atoms with E-state index in [0.29, 0.717) is 18.4 Å². The summed E-state index contributed by atoms with van der Waals surface area (Å²) in [7, 11) is 0. The maximum atomic E-state index is 6.34. The quantitative estimate of drug-likeness (QED) is 0.851. The van der Waals surface area contributed by atoms with Gasteiger partial charge in [0.25, 0.3) is 0 Å². The number of ether oxygens (including phenoxy) is 2. The van der Waals surface area contributed by atoms with Crippen LogP contribution in [0.4, 0.5) is 0 Å². The van der Waals surface area contributed by atoms with E-state index in [-0.39, 0.29) is 12.1 Å². The zero-order valence-corrected chi connectivity index (χ0v) is 14.9. The van der Waals surface area contributed by atoms with Gasteiger partial charge in [-0.3, -0.25) is 4.98 Å². The molecule has 132 valence electrons. The second-order valence-corrected chi connectivity index (χ2v) is 7.70. The van der Waals surface area contributed by atoms with Gasteiger partial charge in [-0.15, -0.1) is 0 Å². The Labute approximate surface area is 149 Å². The minimum atomic E-state index is 0.0583. The minimum absolute atomic E-state index is 0.0583. The second-order valence-electron chi connectivity index (χ2n) is 7.70. The summed E-state index contributed by atoms with van der Waals surface area (Å²) in [6, 6.07) is 8.25. The van der Waals surface area contributed by atoms with E-state index < -0.39 is 0 Å². The van der Waals surface area contributed by atoms with Crippen LogP contribution in [-0.4, -0.2) is 17.6 Å². The predicted octanol–water partition coefficient (Wildman–Crippen LogP) is 4.34. The third kappa shape index (κ3) is 3.49. The molecule has 1 fully saturated rings. The van der Waals surface area contributed by atoms with Crippen LogP contribution in [0.5, 0.6) is 11.5 Å². The summed E-state index contributed by atoms with van der Waals surface area (Å²) in [5, 5.41) is 0. The molecule has 1 aromatic carbocycles. The van der Waals surface area contributed by atoms with Crippen molar-refractivity contribution in [2.24, 2.45) is 17.6 Å². The van der Waals surface area contributed by atoms with Crippen molar-refractivity contribution in [2.45, 2.75) is 45.3 Å². The first kappa shape index (κ1) is 16.4. The van der Waals surface area contributed by atoms with E-state index in [1.807, 2.05) is 24.5 Å². The molecule has 1 saturated carbocycles. The molecule has 0 spiro atoms. The van der Waals surface area contributed by atoms with Gasteiger partial charge in [0.15, 0.2) is 0 Å². The Hall–Kier alpha value is -2.07. The molecule has 2 N–H and O–H groups in total. The molecule has 2 aromatic rings. The number of hydrogen-bond donors (Lipinski definition) is 1. The Morgan fingerprint density at radius 3 is 2.84 bits per heavy atom. The summed E-state index contributed by atoms with van der Waals surface area (Å²) >= 11 is 0. The lowest BCUT2D eigenvalue weighted by Crippen LogP contribution is -2.29. The Kier molecular flexibility index (Phi) is 4.38.